The van der Waals surface area contributed by atoms with Crippen molar-refractivity contribution in [1.82, 2.24) is 0 Å². The van der Waals surface area contributed by atoms with Crippen molar-refractivity contribution in [2.45, 2.75) is 52.6 Å². The molecule has 0 unspecified atom stereocenters. The minimum absolute atomic E-state index is 0.0591. The first-order valence-electron chi connectivity index (χ1n) is 6.58. The monoisotopic (exact) mass is 248 g/mol. The molecule has 3 nitrogen and oxygen atoms in total. The van der Waals surface area contributed by atoms with E-state index in [1.165, 1.54) is 5.57 Å². The number of esters is 1. The molecule has 2 rings (SSSR count). The summed E-state index contributed by atoms with van der Waals surface area (Å²) >= 11 is 0. The predicted molar refractivity (Wildman–Crippen MR) is 69.0 cm³/mol. The van der Waals surface area contributed by atoms with Crippen LogP contribution in [-0.2, 0) is 14.3 Å². The first-order valence-corrected chi connectivity index (χ1v) is 6.58. The molecular weight excluding hydrogens is 228 g/mol. The lowest BCUT2D eigenvalue weighted by atomic mass is 9.88. The fourth-order valence-corrected chi connectivity index (χ4v) is 2.55. The maximum absolute atomic E-state index is 12.1. The highest BCUT2D eigenvalue weighted by atomic mass is 16.5. The van der Waals surface area contributed by atoms with E-state index >= 15 is 0 Å². The second-order valence-electron chi connectivity index (χ2n) is 5.42. The van der Waals surface area contributed by atoms with Crippen LogP contribution in [0.4, 0.5) is 0 Å². The van der Waals surface area contributed by atoms with Crippen molar-refractivity contribution in [2.24, 2.45) is 5.92 Å². The summed E-state index contributed by atoms with van der Waals surface area (Å²) in [5, 5.41) is 0. The molecule has 0 aromatic rings. The molecule has 0 radical (unpaired) electrons. The zero-order chi connectivity index (χ0) is 13.3. The molecule has 0 aromatic carbocycles. The van der Waals surface area contributed by atoms with E-state index in [1.807, 2.05) is 6.92 Å². The van der Waals surface area contributed by atoms with Crippen molar-refractivity contribution in [3.63, 3.8) is 0 Å². The molecule has 0 amide bonds. The second kappa shape index (κ2) is 5.09. The van der Waals surface area contributed by atoms with Gasteiger partial charge in [-0.2, -0.15) is 0 Å². The van der Waals surface area contributed by atoms with E-state index in [0.717, 1.165) is 24.8 Å². The number of hydrogen-bond donors (Lipinski definition) is 0. The summed E-state index contributed by atoms with van der Waals surface area (Å²) in [7, 11) is 0. The molecule has 1 aliphatic heterocycles. The summed E-state index contributed by atoms with van der Waals surface area (Å²) in [6.07, 6.45) is 4.85. The highest BCUT2D eigenvalue weighted by Gasteiger charge is 2.33. The Bertz CT molecular complexity index is 443. The molecular formula is C15H20O3. The fraction of sp³-hybridized carbons (Fsp3) is 0.600. The molecule has 0 saturated carbocycles. The van der Waals surface area contributed by atoms with Gasteiger partial charge in [0.1, 0.15) is 11.9 Å². The van der Waals surface area contributed by atoms with Gasteiger partial charge in [-0.3, -0.25) is 4.79 Å². The molecule has 0 N–H and O–H groups in total. The van der Waals surface area contributed by atoms with E-state index in [4.69, 9.17) is 4.74 Å². The third kappa shape index (κ3) is 2.55. The number of Topliss-reactive ketones (excluding diaryl/α,β-unsaturated/α-hetero) is 1. The van der Waals surface area contributed by atoms with E-state index in [2.05, 4.69) is 13.0 Å². The van der Waals surface area contributed by atoms with Gasteiger partial charge < -0.3 is 4.74 Å². The fourth-order valence-electron chi connectivity index (χ4n) is 2.55. The Morgan fingerprint density at radius 2 is 2.00 bits per heavy atom. The molecule has 1 aliphatic carbocycles. The quantitative estimate of drug-likeness (QED) is 0.489. The van der Waals surface area contributed by atoms with Gasteiger partial charge in [-0.25, -0.2) is 4.79 Å². The van der Waals surface area contributed by atoms with Gasteiger partial charge in [0, 0.05) is 24.3 Å². The molecule has 3 heteroatoms. The minimum Gasteiger partial charge on any atom is -0.454 e. The van der Waals surface area contributed by atoms with Crippen LogP contribution in [0.1, 0.15) is 46.5 Å². The number of rotatable bonds is 0. The largest absolute Gasteiger partial charge is 0.454 e. The summed E-state index contributed by atoms with van der Waals surface area (Å²) in [5.41, 5.74) is 2.77. The van der Waals surface area contributed by atoms with Gasteiger partial charge in [-0.1, -0.05) is 18.6 Å². The highest BCUT2D eigenvalue weighted by Crippen LogP contribution is 2.32. The molecule has 0 fully saturated rings. The number of ether oxygens (including phenoxy) is 1. The Hall–Kier alpha value is -1.38. The van der Waals surface area contributed by atoms with Gasteiger partial charge in [0.15, 0.2) is 0 Å². The Labute approximate surface area is 108 Å². The molecule has 0 saturated heterocycles. The number of hydrogen-bond acceptors (Lipinski definition) is 3. The molecule has 2 aliphatic rings. The number of ketones is 1. The van der Waals surface area contributed by atoms with Crippen LogP contribution in [0.15, 0.2) is 22.8 Å². The Morgan fingerprint density at radius 1 is 1.28 bits per heavy atom. The summed E-state index contributed by atoms with van der Waals surface area (Å²) < 4.78 is 5.36. The summed E-state index contributed by atoms with van der Waals surface area (Å²) in [6, 6.07) is 0. The average Bonchev–Trinajstić information content (AvgIpc) is 2.56. The number of fused-ring (bicyclic) bond motifs is 1. The molecule has 0 spiro atoms. The van der Waals surface area contributed by atoms with E-state index in [0.29, 0.717) is 12.0 Å². The van der Waals surface area contributed by atoms with Gasteiger partial charge in [0.2, 0.25) is 0 Å². The van der Waals surface area contributed by atoms with Crippen molar-refractivity contribution in [1.29, 1.82) is 0 Å². The zero-order valence-corrected chi connectivity index (χ0v) is 11.3. The maximum atomic E-state index is 12.1. The van der Waals surface area contributed by atoms with E-state index in [1.54, 1.807) is 6.92 Å². The van der Waals surface area contributed by atoms with Crippen molar-refractivity contribution in [3.8, 4) is 0 Å². The van der Waals surface area contributed by atoms with Gasteiger partial charge in [-0.15, -0.1) is 0 Å². The van der Waals surface area contributed by atoms with Gasteiger partial charge >= 0.3 is 5.97 Å². The van der Waals surface area contributed by atoms with Crippen LogP contribution < -0.4 is 0 Å². The second-order valence-corrected chi connectivity index (χ2v) is 5.42. The van der Waals surface area contributed by atoms with Crippen LogP contribution in [-0.4, -0.2) is 17.9 Å². The summed E-state index contributed by atoms with van der Waals surface area (Å²) in [4.78, 5) is 23.7. The van der Waals surface area contributed by atoms with Crippen LogP contribution >= 0.6 is 0 Å². The highest BCUT2D eigenvalue weighted by molar-refractivity contribution is 5.94. The summed E-state index contributed by atoms with van der Waals surface area (Å²) in [5.74, 6) is 0.0203. The molecule has 2 atom stereocenters. The number of allylic oxidation sites excluding steroid dienone is 1. The normalized spacial score (nSPS) is 32.7. The van der Waals surface area contributed by atoms with Gasteiger partial charge in [0.25, 0.3) is 0 Å². The van der Waals surface area contributed by atoms with Crippen molar-refractivity contribution in [2.75, 3.05) is 0 Å². The van der Waals surface area contributed by atoms with Crippen molar-refractivity contribution >= 4 is 11.8 Å². The van der Waals surface area contributed by atoms with E-state index in [-0.39, 0.29) is 23.8 Å². The molecule has 18 heavy (non-hydrogen) atoms. The van der Waals surface area contributed by atoms with Crippen LogP contribution in [0.5, 0.6) is 0 Å². The SMILES string of the molecule is CC1=C2CC(=O)[C@H](C)CC/C=C(\C)C[C@H]2OC1=O. The first-order chi connectivity index (χ1) is 8.49. The Balaban J connectivity index is 2.31. The molecule has 0 bridgehead atoms. The standard InChI is InChI=1S/C15H20O3/c1-9-5-4-6-10(2)13(16)8-12-11(3)15(17)18-14(12)7-9/h5,10,14H,4,6-8H2,1-3H3/b9-5+/t10-,14-/m1/s1. The van der Waals surface area contributed by atoms with Crippen molar-refractivity contribution < 1.29 is 14.3 Å². The van der Waals surface area contributed by atoms with Gasteiger partial charge in [0.05, 0.1) is 0 Å². The molecule has 0 aromatic heterocycles. The van der Waals surface area contributed by atoms with Crippen LogP contribution in [0, 0.1) is 5.92 Å². The predicted octanol–water partition coefficient (Wildman–Crippen LogP) is 2.95. The number of carbonyl (C=O) groups is 2. The van der Waals surface area contributed by atoms with E-state index in [9.17, 15) is 9.59 Å². The van der Waals surface area contributed by atoms with Crippen LogP contribution in [0.3, 0.4) is 0 Å². The minimum atomic E-state index is -0.262. The van der Waals surface area contributed by atoms with Gasteiger partial charge in [-0.05, 0) is 32.3 Å². The van der Waals surface area contributed by atoms with Crippen LogP contribution in [0.2, 0.25) is 0 Å². The van der Waals surface area contributed by atoms with E-state index < -0.39 is 0 Å². The number of carbonyl (C=O) groups excluding carboxylic acids is 2. The summed E-state index contributed by atoms with van der Waals surface area (Å²) in [6.45, 7) is 5.79. The van der Waals surface area contributed by atoms with Crippen LogP contribution in [0.25, 0.3) is 0 Å². The topological polar surface area (TPSA) is 43.4 Å². The lowest BCUT2D eigenvalue weighted by molar-refractivity contribution is -0.139. The lowest BCUT2D eigenvalue weighted by Gasteiger charge is -2.18. The first kappa shape index (κ1) is 13.1. The van der Waals surface area contributed by atoms with Crippen molar-refractivity contribution in [3.05, 3.63) is 22.8 Å². The molecule has 98 valence electrons. The zero-order valence-electron chi connectivity index (χ0n) is 11.3. The molecule has 1 heterocycles. The Kier molecular flexibility index (Phi) is 3.69. The lowest BCUT2D eigenvalue weighted by Crippen LogP contribution is -2.19. The third-order valence-electron chi connectivity index (χ3n) is 3.94. The third-order valence-corrected chi connectivity index (χ3v) is 3.94. The maximum Gasteiger partial charge on any atom is 0.334 e. The Morgan fingerprint density at radius 3 is 2.72 bits per heavy atom. The average molecular weight is 248 g/mol. The smallest absolute Gasteiger partial charge is 0.334 e.